The Kier molecular flexibility index (Phi) is 5.02. The quantitative estimate of drug-likeness (QED) is 0.917. The standard InChI is InChI=1S/C22H28N2O/c25-22(9-8-17-10-13-23-16-17)24-14-11-19(12-15-24)21-7-3-5-18-4-1-2-6-20(18)21/h1-7,17,19,23H,8-16H2. The molecule has 2 aromatic rings. The SMILES string of the molecule is O=C(CCC1CCNC1)N1CCC(c2cccc3ccccc23)CC1. The van der Waals surface area contributed by atoms with Crippen LogP contribution in [-0.2, 0) is 4.79 Å². The van der Waals surface area contributed by atoms with E-state index in [1.807, 2.05) is 0 Å². The molecule has 2 heterocycles. The Labute approximate surface area is 150 Å². The zero-order valence-corrected chi connectivity index (χ0v) is 14.9. The molecule has 2 aliphatic rings. The molecule has 2 fully saturated rings. The highest BCUT2D eigenvalue weighted by molar-refractivity contribution is 5.86. The van der Waals surface area contributed by atoms with E-state index in [0.717, 1.165) is 51.9 Å². The fraction of sp³-hybridized carbons (Fsp3) is 0.500. The van der Waals surface area contributed by atoms with Crippen molar-refractivity contribution in [2.75, 3.05) is 26.2 Å². The lowest BCUT2D eigenvalue weighted by atomic mass is 9.86. The maximum Gasteiger partial charge on any atom is 0.222 e. The van der Waals surface area contributed by atoms with Crippen molar-refractivity contribution in [3.05, 3.63) is 48.0 Å². The molecule has 2 saturated heterocycles. The van der Waals surface area contributed by atoms with Crippen LogP contribution in [0.5, 0.6) is 0 Å². The number of carbonyl (C=O) groups is 1. The van der Waals surface area contributed by atoms with Crippen molar-refractivity contribution >= 4 is 16.7 Å². The third-order valence-electron chi connectivity index (χ3n) is 6.04. The molecule has 0 spiro atoms. The lowest BCUT2D eigenvalue weighted by Gasteiger charge is -2.33. The van der Waals surface area contributed by atoms with Gasteiger partial charge in [-0.25, -0.2) is 0 Å². The summed E-state index contributed by atoms with van der Waals surface area (Å²) >= 11 is 0. The Bertz CT molecular complexity index is 722. The van der Waals surface area contributed by atoms with Gasteiger partial charge in [0, 0.05) is 19.5 Å². The van der Waals surface area contributed by atoms with Crippen molar-refractivity contribution in [2.45, 2.75) is 38.0 Å². The molecule has 1 N–H and O–H groups in total. The highest BCUT2D eigenvalue weighted by Crippen LogP contribution is 2.33. The first-order chi connectivity index (χ1) is 12.3. The van der Waals surface area contributed by atoms with E-state index in [1.165, 1.54) is 22.8 Å². The summed E-state index contributed by atoms with van der Waals surface area (Å²) in [4.78, 5) is 14.6. The molecule has 0 bridgehead atoms. The molecule has 2 aromatic carbocycles. The molecular weight excluding hydrogens is 308 g/mol. The summed E-state index contributed by atoms with van der Waals surface area (Å²) in [7, 11) is 0. The highest BCUT2D eigenvalue weighted by Gasteiger charge is 2.25. The molecule has 1 amide bonds. The lowest BCUT2D eigenvalue weighted by molar-refractivity contribution is -0.132. The van der Waals surface area contributed by atoms with Gasteiger partial charge in [0.05, 0.1) is 0 Å². The Balaban J connectivity index is 1.35. The van der Waals surface area contributed by atoms with Gasteiger partial charge in [-0.15, -0.1) is 0 Å². The number of hydrogen-bond donors (Lipinski definition) is 1. The molecule has 3 heteroatoms. The average molecular weight is 336 g/mol. The van der Waals surface area contributed by atoms with E-state index in [1.54, 1.807) is 0 Å². The molecule has 4 rings (SSSR count). The second-order valence-corrected chi connectivity index (χ2v) is 7.62. The van der Waals surface area contributed by atoms with Gasteiger partial charge in [-0.1, -0.05) is 42.5 Å². The fourth-order valence-electron chi connectivity index (χ4n) is 4.49. The summed E-state index contributed by atoms with van der Waals surface area (Å²) in [5, 5.41) is 6.09. The largest absolute Gasteiger partial charge is 0.343 e. The Morgan fingerprint density at radius 3 is 2.64 bits per heavy atom. The summed E-state index contributed by atoms with van der Waals surface area (Å²) in [6.07, 6.45) is 5.19. The van der Waals surface area contributed by atoms with E-state index in [4.69, 9.17) is 0 Å². The minimum atomic E-state index is 0.364. The number of piperidine rings is 1. The third-order valence-corrected chi connectivity index (χ3v) is 6.04. The summed E-state index contributed by atoms with van der Waals surface area (Å²) < 4.78 is 0. The zero-order chi connectivity index (χ0) is 17.1. The van der Waals surface area contributed by atoms with Crippen LogP contribution in [0.1, 0.15) is 43.6 Å². The van der Waals surface area contributed by atoms with Crippen LogP contribution in [0.2, 0.25) is 0 Å². The first kappa shape index (κ1) is 16.6. The molecule has 0 saturated carbocycles. The summed E-state index contributed by atoms with van der Waals surface area (Å²) in [6.45, 7) is 4.04. The van der Waals surface area contributed by atoms with E-state index in [2.05, 4.69) is 52.7 Å². The number of amides is 1. The molecule has 0 aliphatic carbocycles. The van der Waals surface area contributed by atoms with Crippen LogP contribution in [0.15, 0.2) is 42.5 Å². The molecular formula is C22H28N2O. The molecule has 1 unspecified atom stereocenters. The second-order valence-electron chi connectivity index (χ2n) is 7.62. The van der Waals surface area contributed by atoms with E-state index in [-0.39, 0.29) is 0 Å². The van der Waals surface area contributed by atoms with E-state index >= 15 is 0 Å². The van der Waals surface area contributed by atoms with Crippen LogP contribution in [0, 0.1) is 5.92 Å². The molecule has 2 aliphatic heterocycles. The molecule has 3 nitrogen and oxygen atoms in total. The van der Waals surface area contributed by atoms with E-state index < -0.39 is 0 Å². The zero-order valence-electron chi connectivity index (χ0n) is 14.9. The van der Waals surface area contributed by atoms with Crippen LogP contribution in [0.25, 0.3) is 10.8 Å². The first-order valence-electron chi connectivity index (χ1n) is 9.77. The lowest BCUT2D eigenvalue weighted by Crippen LogP contribution is -2.38. The van der Waals surface area contributed by atoms with Gasteiger partial charge in [0.2, 0.25) is 5.91 Å². The smallest absolute Gasteiger partial charge is 0.222 e. The third kappa shape index (κ3) is 3.72. The number of rotatable bonds is 4. The number of nitrogens with one attached hydrogen (secondary N) is 1. The van der Waals surface area contributed by atoms with Gasteiger partial charge in [0.25, 0.3) is 0 Å². The minimum absolute atomic E-state index is 0.364. The van der Waals surface area contributed by atoms with Gasteiger partial charge in [0.15, 0.2) is 0 Å². The van der Waals surface area contributed by atoms with E-state index in [9.17, 15) is 4.79 Å². The first-order valence-corrected chi connectivity index (χ1v) is 9.77. The van der Waals surface area contributed by atoms with Crippen molar-refractivity contribution < 1.29 is 4.79 Å². The number of nitrogens with zero attached hydrogens (tertiary/aromatic N) is 1. The Morgan fingerprint density at radius 2 is 1.84 bits per heavy atom. The number of likely N-dealkylation sites (tertiary alicyclic amines) is 1. The highest BCUT2D eigenvalue weighted by atomic mass is 16.2. The van der Waals surface area contributed by atoms with Gasteiger partial charge < -0.3 is 10.2 Å². The van der Waals surface area contributed by atoms with Crippen LogP contribution in [0.4, 0.5) is 0 Å². The normalized spacial score (nSPS) is 21.8. The second kappa shape index (κ2) is 7.57. The predicted octanol–water partition coefficient (Wildman–Crippen LogP) is 3.94. The van der Waals surface area contributed by atoms with Crippen LogP contribution >= 0.6 is 0 Å². The Hall–Kier alpha value is -1.87. The summed E-state index contributed by atoms with van der Waals surface area (Å²) in [5.41, 5.74) is 1.46. The number of hydrogen-bond acceptors (Lipinski definition) is 2. The predicted molar refractivity (Wildman–Crippen MR) is 103 cm³/mol. The van der Waals surface area contributed by atoms with Crippen molar-refractivity contribution in [3.8, 4) is 0 Å². The number of fused-ring (bicyclic) bond motifs is 1. The monoisotopic (exact) mass is 336 g/mol. The molecule has 132 valence electrons. The molecule has 1 atom stereocenters. The summed E-state index contributed by atoms with van der Waals surface area (Å²) in [6, 6.07) is 15.3. The topological polar surface area (TPSA) is 32.3 Å². The van der Waals surface area contributed by atoms with Gasteiger partial charge in [-0.3, -0.25) is 4.79 Å². The average Bonchev–Trinajstić information content (AvgIpc) is 3.19. The minimum Gasteiger partial charge on any atom is -0.343 e. The van der Waals surface area contributed by atoms with Crippen molar-refractivity contribution in [3.63, 3.8) is 0 Å². The van der Waals surface area contributed by atoms with Gasteiger partial charge >= 0.3 is 0 Å². The number of carbonyl (C=O) groups excluding carboxylic acids is 1. The van der Waals surface area contributed by atoms with Gasteiger partial charge in [-0.05, 0) is 66.9 Å². The van der Waals surface area contributed by atoms with Crippen molar-refractivity contribution in [1.29, 1.82) is 0 Å². The molecule has 0 aromatic heterocycles. The molecule has 0 radical (unpaired) electrons. The Morgan fingerprint density at radius 1 is 1.04 bits per heavy atom. The van der Waals surface area contributed by atoms with Gasteiger partial charge in [0.1, 0.15) is 0 Å². The maximum absolute atomic E-state index is 12.5. The fourth-order valence-corrected chi connectivity index (χ4v) is 4.49. The van der Waals surface area contributed by atoms with Crippen LogP contribution in [0.3, 0.4) is 0 Å². The van der Waals surface area contributed by atoms with Gasteiger partial charge in [-0.2, -0.15) is 0 Å². The number of benzene rings is 2. The van der Waals surface area contributed by atoms with Crippen LogP contribution in [-0.4, -0.2) is 37.0 Å². The van der Waals surface area contributed by atoms with Crippen molar-refractivity contribution in [2.24, 2.45) is 5.92 Å². The van der Waals surface area contributed by atoms with E-state index in [0.29, 0.717) is 17.7 Å². The maximum atomic E-state index is 12.5. The summed E-state index contributed by atoms with van der Waals surface area (Å²) in [5.74, 6) is 1.65. The van der Waals surface area contributed by atoms with Crippen molar-refractivity contribution in [1.82, 2.24) is 10.2 Å². The molecule has 25 heavy (non-hydrogen) atoms. The van der Waals surface area contributed by atoms with Crippen LogP contribution < -0.4 is 5.32 Å².